The van der Waals surface area contributed by atoms with E-state index in [1.165, 1.54) is 50.3 Å². The van der Waals surface area contributed by atoms with E-state index in [1.54, 1.807) is 13.2 Å². The van der Waals surface area contributed by atoms with Gasteiger partial charge in [0.2, 0.25) is 0 Å². The van der Waals surface area contributed by atoms with Crippen molar-refractivity contribution in [3.8, 4) is 5.75 Å². The number of methoxy groups -OCH3 is 2. The fraction of sp³-hybridized carbons (Fsp3) is 0.741. The number of esters is 1. The molecule has 0 heterocycles. The van der Waals surface area contributed by atoms with Crippen molar-refractivity contribution < 1.29 is 19.4 Å². The van der Waals surface area contributed by atoms with Crippen LogP contribution in [-0.2, 0) is 26.1 Å². The first kappa shape index (κ1) is 25.0. The maximum atomic E-state index is 12.5. The molecule has 2 aliphatic carbocycles. The van der Waals surface area contributed by atoms with Gasteiger partial charge in [-0.15, -0.1) is 0 Å². The lowest BCUT2D eigenvalue weighted by atomic mass is 9.62. The van der Waals surface area contributed by atoms with E-state index in [9.17, 15) is 9.90 Å². The average molecular weight is 446 g/mol. The Hall–Kier alpha value is -1.59. The van der Waals surface area contributed by atoms with Crippen LogP contribution in [0, 0.1) is 11.8 Å². The molecule has 1 aromatic carbocycles. The highest BCUT2D eigenvalue weighted by molar-refractivity contribution is 5.72. The summed E-state index contributed by atoms with van der Waals surface area (Å²) < 4.78 is 11.1. The van der Waals surface area contributed by atoms with Crippen LogP contribution >= 0.6 is 0 Å². The molecule has 0 saturated heterocycles. The number of benzene rings is 1. The minimum absolute atomic E-state index is 0.0471. The number of phenolic OH excluding ortho intramolecular Hbond substituents is 1. The predicted octanol–water partition coefficient (Wildman–Crippen LogP) is 5.13. The summed E-state index contributed by atoms with van der Waals surface area (Å²) in [7, 11) is 3.30. The molecule has 0 radical (unpaired) electrons. The van der Waals surface area contributed by atoms with Gasteiger partial charge in [-0.3, -0.25) is 4.79 Å². The smallest absolute Gasteiger partial charge is 0.308 e. The molecule has 3 rings (SSSR count). The van der Waals surface area contributed by atoms with Crippen LogP contribution in [0.15, 0.2) is 18.2 Å². The molecule has 3 atom stereocenters. The van der Waals surface area contributed by atoms with E-state index in [2.05, 4.69) is 19.2 Å². The normalized spacial score (nSPS) is 24.0. The molecule has 5 nitrogen and oxygen atoms in total. The van der Waals surface area contributed by atoms with E-state index in [-0.39, 0.29) is 29.4 Å². The van der Waals surface area contributed by atoms with E-state index in [0.29, 0.717) is 11.7 Å². The van der Waals surface area contributed by atoms with Crippen molar-refractivity contribution in [2.45, 2.75) is 95.6 Å². The topological polar surface area (TPSA) is 67.8 Å². The number of carbonyl (C=O) groups is 1. The van der Waals surface area contributed by atoms with Gasteiger partial charge < -0.3 is 19.9 Å². The molecular formula is C27H43NO4. The SMILES string of the molecule is CCC1(CC)c2cc(O)ccc2C[C@H](OC)[C@H]1NCC[C@H](CC1CCCCC1)C(=O)OC. The Kier molecular flexibility index (Phi) is 9.01. The van der Waals surface area contributed by atoms with E-state index in [0.717, 1.165) is 38.6 Å². The summed E-state index contributed by atoms with van der Waals surface area (Å²) in [6, 6.07) is 5.90. The Bertz CT molecular complexity index is 739. The summed E-state index contributed by atoms with van der Waals surface area (Å²) in [5.74, 6) is 0.850. The summed E-state index contributed by atoms with van der Waals surface area (Å²) >= 11 is 0. The highest BCUT2D eigenvalue weighted by atomic mass is 16.5. The first-order chi connectivity index (χ1) is 15.5. The second-order valence-electron chi connectivity index (χ2n) is 9.86. The highest BCUT2D eigenvalue weighted by Crippen LogP contribution is 2.44. The molecule has 0 spiro atoms. The third-order valence-electron chi connectivity index (χ3n) is 8.32. The van der Waals surface area contributed by atoms with Crippen LogP contribution in [0.25, 0.3) is 0 Å². The highest BCUT2D eigenvalue weighted by Gasteiger charge is 2.46. The molecule has 180 valence electrons. The van der Waals surface area contributed by atoms with Crippen LogP contribution in [0.3, 0.4) is 0 Å². The fourth-order valence-electron chi connectivity index (χ4n) is 6.42. The quantitative estimate of drug-likeness (QED) is 0.489. The lowest BCUT2D eigenvalue weighted by molar-refractivity contribution is -0.146. The zero-order valence-corrected chi connectivity index (χ0v) is 20.5. The van der Waals surface area contributed by atoms with Gasteiger partial charge in [0.05, 0.1) is 19.1 Å². The van der Waals surface area contributed by atoms with Gasteiger partial charge in [-0.25, -0.2) is 0 Å². The monoisotopic (exact) mass is 445 g/mol. The minimum atomic E-state index is -0.114. The van der Waals surface area contributed by atoms with Gasteiger partial charge in [0.1, 0.15) is 5.75 Å². The Morgan fingerprint density at radius 3 is 2.53 bits per heavy atom. The number of aromatic hydroxyl groups is 1. The van der Waals surface area contributed by atoms with Gasteiger partial charge in [0, 0.05) is 25.0 Å². The van der Waals surface area contributed by atoms with Crippen LogP contribution in [0.1, 0.15) is 82.8 Å². The minimum Gasteiger partial charge on any atom is -0.508 e. The van der Waals surface area contributed by atoms with Gasteiger partial charge in [-0.05, 0) is 61.4 Å². The molecule has 1 saturated carbocycles. The molecule has 2 N–H and O–H groups in total. The predicted molar refractivity (Wildman–Crippen MR) is 128 cm³/mol. The second kappa shape index (κ2) is 11.5. The second-order valence-corrected chi connectivity index (χ2v) is 9.86. The maximum Gasteiger partial charge on any atom is 0.308 e. The van der Waals surface area contributed by atoms with Crippen molar-refractivity contribution in [1.29, 1.82) is 0 Å². The molecular weight excluding hydrogens is 402 g/mol. The molecule has 1 fully saturated rings. The lowest BCUT2D eigenvalue weighted by Gasteiger charge is -2.49. The van der Waals surface area contributed by atoms with Crippen LogP contribution < -0.4 is 5.32 Å². The van der Waals surface area contributed by atoms with Crippen molar-refractivity contribution in [3.63, 3.8) is 0 Å². The standard InChI is InChI=1S/C27H43NO4/c1-5-27(6-2)23-18-22(29)13-12-20(23)17-24(31-3)25(27)28-15-14-21(26(30)32-4)16-19-10-8-7-9-11-19/h12-13,18-19,21,24-25,28-29H,5-11,14-17H2,1-4H3/t21-,24+,25-/m1/s1. The largest absolute Gasteiger partial charge is 0.508 e. The van der Waals surface area contributed by atoms with E-state index in [4.69, 9.17) is 9.47 Å². The van der Waals surface area contributed by atoms with Crippen molar-refractivity contribution in [3.05, 3.63) is 29.3 Å². The summed E-state index contributed by atoms with van der Waals surface area (Å²) in [6.07, 6.45) is 10.9. The third kappa shape index (κ3) is 5.31. The number of ether oxygens (including phenoxy) is 2. The number of hydrogen-bond acceptors (Lipinski definition) is 5. The number of phenols is 1. The van der Waals surface area contributed by atoms with Crippen LogP contribution in [0.5, 0.6) is 5.75 Å². The van der Waals surface area contributed by atoms with Gasteiger partial charge in [-0.2, -0.15) is 0 Å². The Morgan fingerprint density at radius 1 is 1.19 bits per heavy atom. The van der Waals surface area contributed by atoms with Crippen LogP contribution in [-0.4, -0.2) is 44.0 Å². The van der Waals surface area contributed by atoms with Crippen LogP contribution in [0.2, 0.25) is 0 Å². The van der Waals surface area contributed by atoms with E-state index in [1.807, 2.05) is 12.1 Å². The van der Waals surface area contributed by atoms with E-state index >= 15 is 0 Å². The van der Waals surface area contributed by atoms with Gasteiger partial charge in [0.15, 0.2) is 0 Å². The summed E-state index contributed by atoms with van der Waals surface area (Å²) in [6.45, 7) is 5.21. The number of nitrogens with one attached hydrogen (secondary N) is 1. The Labute approximate surface area is 194 Å². The van der Waals surface area contributed by atoms with Gasteiger partial charge >= 0.3 is 5.97 Å². The van der Waals surface area contributed by atoms with Crippen molar-refractivity contribution in [1.82, 2.24) is 5.32 Å². The molecule has 0 aliphatic heterocycles. The molecule has 2 aliphatic rings. The maximum absolute atomic E-state index is 12.5. The molecule has 1 aromatic rings. The van der Waals surface area contributed by atoms with Gasteiger partial charge in [-0.1, -0.05) is 52.0 Å². The molecule has 0 aromatic heterocycles. The van der Waals surface area contributed by atoms with Crippen LogP contribution in [0.4, 0.5) is 0 Å². The molecule has 5 heteroatoms. The Balaban J connectivity index is 1.75. The van der Waals surface area contributed by atoms with Crippen molar-refractivity contribution in [2.75, 3.05) is 20.8 Å². The summed E-state index contributed by atoms with van der Waals surface area (Å²) in [5.41, 5.74) is 2.39. The number of carbonyl (C=O) groups excluding carboxylic acids is 1. The third-order valence-corrected chi connectivity index (χ3v) is 8.32. The van der Waals surface area contributed by atoms with Gasteiger partial charge in [0.25, 0.3) is 0 Å². The molecule has 0 amide bonds. The molecule has 0 unspecified atom stereocenters. The summed E-state index contributed by atoms with van der Waals surface area (Å²) in [4.78, 5) is 12.5. The Morgan fingerprint density at radius 2 is 1.91 bits per heavy atom. The molecule has 0 bridgehead atoms. The van der Waals surface area contributed by atoms with Crippen molar-refractivity contribution >= 4 is 5.97 Å². The first-order valence-corrected chi connectivity index (χ1v) is 12.6. The number of rotatable bonds is 10. The summed E-state index contributed by atoms with van der Waals surface area (Å²) in [5, 5.41) is 14.0. The first-order valence-electron chi connectivity index (χ1n) is 12.6. The number of hydrogen-bond donors (Lipinski definition) is 2. The fourth-order valence-corrected chi connectivity index (χ4v) is 6.42. The van der Waals surface area contributed by atoms with Crippen molar-refractivity contribution in [2.24, 2.45) is 11.8 Å². The lowest BCUT2D eigenvalue weighted by Crippen LogP contribution is -2.59. The molecule has 32 heavy (non-hydrogen) atoms. The zero-order valence-electron chi connectivity index (χ0n) is 20.5. The zero-order chi connectivity index (χ0) is 23.1. The number of fused-ring (bicyclic) bond motifs is 1. The average Bonchev–Trinajstić information content (AvgIpc) is 2.83. The van der Waals surface area contributed by atoms with E-state index < -0.39 is 0 Å².